The minimum Gasteiger partial charge on any atom is -0.480 e. The van der Waals surface area contributed by atoms with Crippen molar-refractivity contribution in [3.8, 4) is 11.5 Å². The number of carboxylic acids is 1. The molecule has 25 heavy (non-hydrogen) atoms. The molecule has 132 valence electrons. The number of hydrogen-bond acceptors (Lipinski definition) is 5. The largest absolute Gasteiger partial charge is 0.480 e. The number of hydrogen-bond donors (Lipinski definition) is 2. The average molecular weight is 362 g/mol. The van der Waals surface area contributed by atoms with Crippen molar-refractivity contribution in [3.05, 3.63) is 54.6 Å². The molecule has 0 bridgehead atoms. The molecular formula is C17H18N2O5S. The minimum atomic E-state index is -3.74. The molecule has 2 N–H and O–H groups in total. The molecule has 1 unspecified atom stereocenters. The number of rotatable bonds is 5. The van der Waals surface area contributed by atoms with Crippen molar-refractivity contribution < 1.29 is 23.1 Å². The molecule has 1 aliphatic heterocycles. The molecule has 3 rings (SSSR count). The Morgan fingerprint density at radius 1 is 1.08 bits per heavy atom. The van der Waals surface area contributed by atoms with Gasteiger partial charge in [0.15, 0.2) is 0 Å². The second kappa shape index (κ2) is 7.22. The second-order valence-corrected chi connectivity index (χ2v) is 7.53. The lowest BCUT2D eigenvalue weighted by Gasteiger charge is -2.30. The van der Waals surface area contributed by atoms with Gasteiger partial charge >= 0.3 is 5.97 Å². The van der Waals surface area contributed by atoms with E-state index in [0.29, 0.717) is 18.0 Å². The Bertz CT molecular complexity index is 837. The van der Waals surface area contributed by atoms with Crippen LogP contribution in [0.15, 0.2) is 59.5 Å². The number of nitrogens with zero attached hydrogens (tertiary/aromatic N) is 1. The molecule has 1 aliphatic rings. The third-order valence-corrected chi connectivity index (χ3v) is 5.76. The van der Waals surface area contributed by atoms with E-state index < -0.39 is 22.0 Å². The van der Waals surface area contributed by atoms with Gasteiger partial charge in [0.05, 0.1) is 4.90 Å². The number of carboxylic acid groups (broad SMARTS) is 1. The van der Waals surface area contributed by atoms with E-state index in [1.807, 2.05) is 18.2 Å². The van der Waals surface area contributed by atoms with E-state index in [9.17, 15) is 13.2 Å². The summed E-state index contributed by atoms with van der Waals surface area (Å²) in [6, 6.07) is 14.4. The number of aliphatic carboxylic acids is 1. The Kier molecular flexibility index (Phi) is 5.03. The standard InChI is InChI=1S/C17H18N2O5S/c20-17(21)16-12-19(11-10-18-16)25(22,23)15-8-6-14(7-9-15)24-13-4-2-1-3-5-13/h1-9,16,18H,10-12H2,(H,20,21). The van der Waals surface area contributed by atoms with Gasteiger partial charge in [0.2, 0.25) is 10.0 Å². The fourth-order valence-corrected chi connectivity index (χ4v) is 4.02. The number of ether oxygens (including phenoxy) is 1. The monoisotopic (exact) mass is 362 g/mol. The maximum atomic E-state index is 12.7. The minimum absolute atomic E-state index is 0.0973. The van der Waals surface area contributed by atoms with Crippen LogP contribution in [0.3, 0.4) is 0 Å². The van der Waals surface area contributed by atoms with E-state index in [1.54, 1.807) is 24.3 Å². The predicted octanol–water partition coefficient (Wildman–Crippen LogP) is 1.53. The molecule has 1 fully saturated rings. The number of carbonyl (C=O) groups is 1. The summed E-state index contributed by atoms with van der Waals surface area (Å²) < 4.78 is 32.2. The SMILES string of the molecule is O=C(O)C1CN(S(=O)(=O)c2ccc(Oc3ccccc3)cc2)CCN1. The third kappa shape index (κ3) is 3.98. The Morgan fingerprint density at radius 3 is 2.36 bits per heavy atom. The van der Waals surface area contributed by atoms with Crippen LogP contribution in [0.1, 0.15) is 0 Å². The topological polar surface area (TPSA) is 95.9 Å². The van der Waals surface area contributed by atoms with Gasteiger partial charge in [-0.2, -0.15) is 4.31 Å². The molecule has 8 heteroatoms. The van der Waals surface area contributed by atoms with Gasteiger partial charge in [0, 0.05) is 19.6 Å². The van der Waals surface area contributed by atoms with Crippen LogP contribution >= 0.6 is 0 Å². The number of piperazine rings is 1. The normalized spacial score (nSPS) is 18.6. The number of benzene rings is 2. The van der Waals surface area contributed by atoms with Crippen molar-refractivity contribution in [2.75, 3.05) is 19.6 Å². The van der Waals surface area contributed by atoms with Crippen LogP contribution in [0, 0.1) is 0 Å². The van der Waals surface area contributed by atoms with E-state index in [4.69, 9.17) is 9.84 Å². The molecule has 1 heterocycles. The molecule has 1 saturated heterocycles. The van der Waals surface area contributed by atoms with E-state index >= 15 is 0 Å². The maximum Gasteiger partial charge on any atom is 0.322 e. The van der Waals surface area contributed by atoms with Crippen molar-refractivity contribution >= 4 is 16.0 Å². The van der Waals surface area contributed by atoms with Gasteiger partial charge in [-0.3, -0.25) is 4.79 Å². The van der Waals surface area contributed by atoms with Gasteiger partial charge < -0.3 is 15.2 Å². The Balaban J connectivity index is 1.75. The highest BCUT2D eigenvalue weighted by atomic mass is 32.2. The van der Waals surface area contributed by atoms with Crippen LogP contribution in [-0.2, 0) is 14.8 Å². The summed E-state index contributed by atoms with van der Waals surface area (Å²) >= 11 is 0. The quantitative estimate of drug-likeness (QED) is 0.837. The maximum absolute atomic E-state index is 12.7. The number of nitrogens with one attached hydrogen (secondary N) is 1. The first-order valence-electron chi connectivity index (χ1n) is 7.76. The number of sulfonamides is 1. The summed E-state index contributed by atoms with van der Waals surface area (Å²) in [4.78, 5) is 11.2. The van der Waals surface area contributed by atoms with Crippen LogP contribution in [0.25, 0.3) is 0 Å². The average Bonchev–Trinajstić information content (AvgIpc) is 2.63. The molecule has 2 aromatic rings. The summed E-state index contributed by atoms with van der Waals surface area (Å²) in [7, 11) is -3.74. The summed E-state index contributed by atoms with van der Waals surface area (Å²) in [6.45, 7) is 0.430. The third-order valence-electron chi connectivity index (χ3n) is 3.88. The van der Waals surface area contributed by atoms with Gasteiger partial charge in [-0.05, 0) is 36.4 Å². The Labute approximate surface area is 145 Å². The molecule has 0 amide bonds. The number of para-hydroxylation sites is 1. The van der Waals surface area contributed by atoms with Crippen LogP contribution in [0.2, 0.25) is 0 Å². The van der Waals surface area contributed by atoms with Crippen LogP contribution in [0.5, 0.6) is 11.5 Å². The highest BCUT2D eigenvalue weighted by Crippen LogP contribution is 2.24. The molecule has 0 aromatic heterocycles. The lowest BCUT2D eigenvalue weighted by atomic mass is 10.2. The van der Waals surface area contributed by atoms with Crippen molar-refractivity contribution in [1.82, 2.24) is 9.62 Å². The van der Waals surface area contributed by atoms with Crippen molar-refractivity contribution in [2.24, 2.45) is 0 Å². The molecule has 2 aromatic carbocycles. The Hall–Kier alpha value is -2.42. The molecule has 1 atom stereocenters. The van der Waals surface area contributed by atoms with Crippen molar-refractivity contribution in [1.29, 1.82) is 0 Å². The van der Waals surface area contributed by atoms with Gasteiger partial charge in [-0.15, -0.1) is 0 Å². The zero-order valence-corrected chi connectivity index (χ0v) is 14.1. The summed E-state index contributed by atoms with van der Waals surface area (Å²) in [5.74, 6) is 0.116. The zero-order valence-electron chi connectivity index (χ0n) is 13.3. The van der Waals surface area contributed by atoms with E-state index in [0.717, 1.165) is 0 Å². The smallest absolute Gasteiger partial charge is 0.322 e. The van der Waals surface area contributed by atoms with Gasteiger partial charge in [-0.1, -0.05) is 18.2 Å². The molecule has 7 nitrogen and oxygen atoms in total. The zero-order chi connectivity index (χ0) is 17.9. The van der Waals surface area contributed by atoms with Crippen LogP contribution in [0.4, 0.5) is 0 Å². The second-order valence-electron chi connectivity index (χ2n) is 5.59. The van der Waals surface area contributed by atoms with Gasteiger partial charge in [0.25, 0.3) is 0 Å². The van der Waals surface area contributed by atoms with Gasteiger partial charge in [-0.25, -0.2) is 8.42 Å². The fraction of sp³-hybridized carbons (Fsp3) is 0.235. The van der Waals surface area contributed by atoms with E-state index in [-0.39, 0.29) is 18.0 Å². The van der Waals surface area contributed by atoms with Crippen LogP contribution in [-0.4, -0.2) is 49.5 Å². The molecular weight excluding hydrogens is 344 g/mol. The lowest BCUT2D eigenvalue weighted by Crippen LogP contribution is -2.55. The lowest BCUT2D eigenvalue weighted by molar-refractivity contribution is -0.140. The predicted molar refractivity (Wildman–Crippen MR) is 91.1 cm³/mol. The first-order chi connectivity index (χ1) is 12.0. The summed E-state index contributed by atoms with van der Waals surface area (Å²) in [5.41, 5.74) is 0. The molecule has 0 spiro atoms. The first-order valence-corrected chi connectivity index (χ1v) is 9.20. The van der Waals surface area contributed by atoms with E-state index in [2.05, 4.69) is 5.32 Å². The fourth-order valence-electron chi connectivity index (χ4n) is 2.56. The van der Waals surface area contributed by atoms with E-state index in [1.165, 1.54) is 16.4 Å². The summed E-state index contributed by atoms with van der Waals surface area (Å²) in [5, 5.41) is 11.9. The highest BCUT2D eigenvalue weighted by molar-refractivity contribution is 7.89. The van der Waals surface area contributed by atoms with Crippen LogP contribution < -0.4 is 10.1 Å². The van der Waals surface area contributed by atoms with Crippen molar-refractivity contribution in [2.45, 2.75) is 10.9 Å². The first kappa shape index (κ1) is 17.4. The molecule has 0 aliphatic carbocycles. The molecule has 0 saturated carbocycles. The van der Waals surface area contributed by atoms with Crippen molar-refractivity contribution in [3.63, 3.8) is 0 Å². The van der Waals surface area contributed by atoms with Gasteiger partial charge in [0.1, 0.15) is 17.5 Å². The molecule has 0 radical (unpaired) electrons. The highest BCUT2D eigenvalue weighted by Gasteiger charge is 2.32. The summed E-state index contributed by atoms with van der Waals surface area (Å²) in [6.07, 6.45) is 0. The Morgan fingerprint density at radius 2 is 1.72 bits per heavy atom.